The molecule has 0 saturated heterocycles. The van der Waals surface area contributed by atoms with Gasteiger partial charge in [-0.3, -0.25) is 0 Å². The van der Waals surface area contributed by atoms with Crippen molar-refractivity contribution in [1.29, 1.82) is 0 Å². The summed E-state index contributed by atoms with van der Waals surface area (Å²) in [6, 6.07) is 0. The van der Waals surface area contributed by atoms with Crippen LogP contribution in [0.1, 0.15) is 26.7 Å². The van der Waals surface area contributed by atoms with E-state index < -0.39 is 30.7 Å². The summed E-state index contributed by atoms with van der Waals surface area (Å²) in [6.45, 7) is 2.75. The molecule has 13 heteroatoms. The molecule has 0 spiro atoms. The summed E-state index contributed by atoms with van der Waals surface area (Å²) in [5.74, 6) is 1.05. The predicted molar refractivity (Wildman–Crippen MR) is 80.1 cm³/mol. The van der Waals surface area contributed by atoms with Crippen molar-refractivity contribution >= 4 is 51.6 Å². The molecule has 0 heterocycles. The van der Waals surface area contributed by atoms with E-state index in [1.165, 1.54) is 45.3 Å². The molecule has 0 saturated carbocycles. The van der Waals surface area contributed by atoms with Crippen LogP contribution in [-0.4, -0.2) is 47.9 Å². The van der Waals surface area contributed by atoms with E-state index >= 15 is 0 Å². The van der Waals surface area contributed by atoms with Gasteiger partial charge in [-0.15, -0.1) is 0 Å². The van der Waals surface area contributed by atoms with E-state index in [1.807, 2.05) is 0 Å². The van der Waals surface area contributed by atoms with Crippen LogP contribution in [0, 0.1) is 0 Å². The van der Waals surface area contributed by atoms with E-state index in [2.05, 4.69) is 0 Å². The average Bonchev–Trinajstić information content (AvgIpc) is 2.24. The van der Waals surface area contributed by atoms with Gasteiger partial charge in [-0.25, -0.2) is 16.8 Å². The molecule has 21 heavy (non-hydrogen) atoms. The fourth-order valence-electron chi connectivity index (χ4n) is 0.819. The largest absolute Gasteiger partial charge is 1.00 e. The Hall–Kier alpha value is 2.87. The molecule has 6 nitrogen and oxygen atoms in total. The summed E-state index contributed by atoms with van der Waals surface area (Å²) in [5, 5.41) is -1.78. The summed E-state index contributed by atoms with van der Waals surface area (Å²) in [4.78, 5) is 0. The molecule has 2 unspecified atom stereocenters. The fourth-order valence-corrected chi connectivity index (χ4v) is 6.06. The van der Waals surface area contributed by atoms with Gasteiger partial charge in [-0.1, -0.05) is 21.6 Å². The third-order valence-corrected chi connectivity index (χ3v) is 9.05. The molecule has 116 valence electrons. The van der Waals surface area contributed by atoms with Crippen molar-refractivity contribution in [3.63, 3.8) is 0 Å². The van der Waals surface area contributed by atoms with Gasteiger partial charge >= 0.3 is 59.1 Å². The van der Waals surface area contributed by atoms with Crippen LogP contribution >= 0.6 is 31.4 Å². The fraction of sp³-hybridized carbons (Fsp3) is 1.00. The van der Waals surface area contributed by atoms with Crippen LogP contribution in [0.3, 0.4) is 0 Å². The Morgan fingerprint density at radius 3 is 1.33 bits per heavy atom. The van der Waals surface area contributed by atoms with E-state index in [-0.39, 0.29) is 72.0 Å². The van der Waals surface area contributed by atoms with Gasteiger partial charge in [0.05, 0.1) is 20.2 Å². The number of rotatable bonds is 10. The zero-order chi connectivity index (χ0) is 15.1. The van der Waals surface area contributed by atoms with E-state index in [9.17, 15) is 25.9 Å². The van der Waals surface area contributed by atoms with E-state index in [4.69, 9.17) is 0 Å². The Morgan fingerprint density at radius 2 is 1.10 bits per heavy atom. The first-order chi connectivity index (χ1) is 8.55. The molecule has 0 rings (SSSR count). The van der Waals surface area contributed by atoms with E-state index in [0.717, 1.165) is 0 Å². The second-order valence-electron chi connectivity index (χ2n) is 3.90. The van der Waals surface area contributed by atoms with Gasteiger partial charge in [0, 0.05) is 22.0 Å². The number of hydrogen-bond acceptors (Lipinski definition) is 9. The van der Waals surface area contributed by atoms with Crippen LogP contribution in [0.4, 0.5) is 0 Å². The SMILES string of the molecule is CC(CCSSSCCC(C)S(=O)(=O)[O-])S(=O)(=O)[O-].[Na+].[Na+]. The second kappa shape index (κ2) is 14.1. The summed E-state index contributed by atoms with van der Waals surface area (Å²) in [6.07, 6.45) is 0.574. The second-order valence-corrected chi connectivity index (χ2v) is 11.9. The molecular formula is C8H16Na2O6S5. The third kappa shape index (κ3) is 16.1. The minimum absolute atomic E-state index is 0. The maximum Gasteiger partial charge on any atom is 1.00 e. The zero-order valence-electron chi connectivity index (χ0n) is 12.5. The molecule has 0 bridgehead atoms. The monoisotopic (exact) mass is 414 g/mol. The maximum absolute atomic E-state index is 10.6. The van der Waals surface area contributed by atoms with Crippen LogP contribution in [0.15, 0.2) is 0 Å². The molecule has 0 aromatic rings. The van der Waals surface area contributed by atoms with Gasteiger partial charge in [0.25, 0.3) is 0 Å². The summed E-state index contributed by atoms with van der Waals surface area (Å²) in [5.41, 5.74) is 0. The Morgan fingerprint density at radius 1 is 0.810 bits per heavy atom. The Kier molecular flexibility index (Phi) is 19.2. The van der Waals surface area contributed by atoms with Gasteiger partial charge in [0.15, 0.2) is 0 Å². The first kappa shape index (κ1) is 28.7. The van der Waals surface area contributed by atoms with Crippen LogP contribution in [-0.2, 0) is 20.2 Å². The molecule has 0 aliphatic rings. The summed E-state index contributed by atoms with van der Waals surface area (Å²) < 4.78 is 63.6. The first-order valence-corrected chi connectivity index (χ1v) is 12.1. The van der Waals surface area contributed by atoms with Gasteiger partial charge < -0.3 is 9.11 Å². The van der Waals surface area contributed by atoms with Crippen LogP contribution in [0.2, 0.25) is 0 Å². The van der Waals surface area contributed by atoms with Crippen molar-refractivity contribution < 1.29 is 85.1 Å². The van der Waals surface area contributed by atoms with Crippen molar-refractivity contribution in [2.45, 2.75) is 37.2 Å². The van der Waals surface area contributed by atoms with Crippen molar-refractivity contribution in [1.82, 2.24) is 0 Å². The molecule has 0 aromatic heterocycles. The first-order valence-electron chi connectivity index (χ1n) is 5.35. The molecule has 0 radical (unpaired) electrons. The minimum Gasteiger partial charge on any atom is -0.748 e. The molecular weight excluding hydrogens is 398 g/mol. The zero-order valence-corrected chi connectivity index (χ0v) is 20.6. The molecule has 0 aromatic carbocycles. The molecule has 0 aliphatic carbocycles. The topological polar surface area (TPSA) is 114 Å². The van der Waals surface area contributed by atoms with Crippen LogP contribution in [0.5, 0.6) is 0 Å². The van der Waals surface area contributed by atoms with Crippen molar-refractivity contribution in [3.8, 4) is 0 Å². The maximum atomic E-state index is 10.6. The molecule has 0 N–H and O–H groups in total. The smallest absolute Gasteiger partial charge is 0.748 e. The van der Waals surface area contributed by atoms with Gasteiger partial charge in [0.2, 0.25) is 0 Å². The quantitative estimate of drug-likeness (QED) is 0.151. The van der Waals surface area contributed by atoms with Gasteiger partial charge in [-0.2, -0.15) is 0 Å². The minimum atomic E-state index is -4.21. The molecule has 0 aliphatic heterocycles. The van der Waals surface area contributed by atoms with Crippen molar-refractivity contribution in [2.24, 2.45) is 0 Å². The molecule has 2 atom stereocenters. The standard InChI is InChI=1S/C8H18O6S5.2Na/c1-7(18(9,10)11)3-5-15-17-16-6-4-8(2)19(12,13)14;;/h7-8H,3-6H2,1-2H3,(H,9,10,11)(H,12,13,14);;/q;2*+1/p-2. The molecule has 0 amide bonds. The summed E-state index contributed by atoms with van der Waals surface area (Å²) in [7, 11) is -4.21. The van der Waals surface area contributed by atoms with Gasteiger partial charge in [0.1, 0.15) is 0 Å². The Balaban J connectivity index is -0.00000162. The predicted octanol–water partition coefficient (Wildman–Crippen LogP) is -4.33. The average molecular weight is 415 g/mol. The Bertz CT molecular complexity index is 412. The summed E-state index contributed by atoms with van der Waals surface area (Å²) >= 11 is 0. The normalized spacial score (nSPS) is 14.7. The van der Waals surface area contributed by atoms with E-state index in [0.29, 0.717) is 11.5 Å². The van der Waals surface area contributed by atoms with Crippen molar-refractivity contribution in [3.05, 3.63) is 0 Å². The van der Waals surface area contributed by atoms with Crippen LogP contribution < -0.4 is 59.1 Å². The third-order valence-electron chi connectivity index (χ3n) is 2.30. The van der Waals surface area contributed by atoms with Crippen molar-refractivity contribution in [2.75, 3.05) is 11.5 Å². The molecule has 0 fully saturated rings. The Labute approximate surface area is 183 Å². The van der Waals surface area contributed by atoms with E-state index in [1.54, 1.807) is 0 Å². The van der Waals surface area contributed by atoms with Crippen LogP contribution in [0.25, 0.3) is 0 Å². The number of hydrogen-bond donors (Lipinski definition) is 0. The van der Waals surface area contributed by atoms with Gasteiger partial charge in [-0.05, 0) is 36.5 Å².